The SMILES string of the molecule is [2H]c1c([2H])c(-c2ccccc2)c([2H])c(-c2c3c([2H])c([2H])c([2H])c([2H])c3c(-c3ccc(-c4ccccc4)c4oc5ccccc5c34)c3c([2H])c([2H])c([2H])c([2H])c23)c1[2H]. The van der Waals surface area contributed by atoms with E-state index in [0.29, 0.717) is 33.1 Å². The Bertz CT molecular complexity index is 3110. The topological polar surface area (TPSA) is 13.1 Å². The van der Waals surface area contributed by atoms with E-state index < -0.39 is 72.5 Å². The van der Waals surface area contributed by atoms with Crippen LogP contribution in [0.3, 0.4) is 0 Å². The minimum absolute atomic E-state index is 0.0123. The minimum Gasteiger partial charge on any atom is -0.455 e. The monoisotopic (exact) mass is 584 g/mol. The summed E-state index contributed by atoms with van der Waals surface area (Å²) in [6, 6.07) is 22.3. The Morgan fingerprint density at radius 1 is 0.400 bits per heavy atom. The smallest absolute Gasteiger partial charge is 0.143 e. The van der Waals surface area contributed by atoms with Crippen LogP contribution in [0.15, 0.2) is 174 Å². The number of hydrogen-bond donors (Lipinski definition) is 0. The van der Waals surface area contributed by atoms with Gasteiger partial charge in [-0.3, -0.25) is 0 Å². The van der Waals surface area contributed by atoms with Crippen LogP contribution < -0.4 is 0 Å². The summed E-state index contributed by atoms with van der Waals surface area (Å²) in [5.41, 5.74) is 2.85. The predicted octanol–water partition coefficient (Wildman–Crippen LogP) is 12.6. The second-order valence-electron chi connectivity index (χ2n) is 10.7. The van der Waals surface area contributed by atoms with E-state index in [1.54, 1.807) is 42.5 Å². The third-order valence-corrected chi connectivity index (χ3v) is 8.19. The number of benzene rings is 8. The van der Waals surface area contributed by atoms with Crippen molar-refractivity contribution in [3.8, 4) is 44.5 Å². The Morgan fingerprint density at radius 2 is 0.956 bits per heavy atom. The fraction of sp³-hybridized carbons (Fsp3) is 0. The molecule has 8 aromatic carbocycles. The van der Waals surface area contributed by atoms with E-state index in [1.807, 2.05) is 54.6 Å². The van der Waals surface area contributed by atoms with Gasteiger partial charge in [0.2, 0.25) is 0 Å². The second-order valence-corrected chi connectivity index (χ2v) is 10.7. The van der Waals surface area contributed by atoms with Crippen LogP contribution in [0.1, 0.15) is 16.4 Å². The molecule has 0 amide bonds. The van der Waals surface area contributed by atoms with Gasteiger partial charge >= 0.3 is 0 Å². The van der Waals surface area contributed by atoms with Gasteiger partial charge < -0.3 is 4.42 Å². The molecule has 1 heteroatoms. The maximum absolute atomic E-state index is 9.57. The van der Waals surface area contributed by atoms with Crippen molar-refractivity contribution in [1.29, 1.82) is 0 Å². The van der Waals surface area contributed by atoms with E-state index >= 15 is 0 Å². The van der Waals surface area contributed by atoms with Crippen LogP contribution in [0.2, 0.25) is 0 Å². The molecule has 0 bridgehead atoms. The molecule has 45 heavy (non-hydrogen) atoms. The van der Waals surface area contributed by atoms with Crippen LogP contribution in [0.5, 0.6) is 0 Å². The quantitative estimate of drug-likeness (QED) is 0.188. The Balaban J connectivity index is 1.59. The van der Waals surface area contributed by atoms with E-state index in [2.05, 4.69) is 0 Å². The molecule has 1 heterocycles. The molecule has 0 aliphatic heterocycles. The lowest BCUT2D eigenvalue weighted by Gasteiger charge is -2.19. The first kappa shape index (κ1) is 16.2. The van der Waals surface area contributed by atoms with Crippen LogP contribution in [-0.4, -0.2) is 0 Å². The third-order valence-electron chi connectivity index (χ3n) is 8.19. The highest BCUT2D eigenvalue weighted by atomic mass is 16.3. The number of fused-ring (bicyclic) bond motifs is 5. The van der Waals surface area contributed by atoms with Crippen LogP contribution in [-0.2, 0) is 0 Å². The number of para-hydroxylation sites is 1. The van der Waals surface area contributed by atoms with Crippen molar-refractivity contribution in [3.63, 3.8) is 0 Å². The van der Waals surface area contributed by atoms with Crippen LogP contribution >= 0.6 is 0 Å². The summed E-state index contributed by atoms with van der Waals surface area (Å²) in [7, 11) is 0. The molecular formula is C44H28O. The molecule has 1 aromatic heterocycles. The molecule has 0 atom stereocenters. The van der Waals surface area contributed by atoms with E-state index in [9.17, 15) is 8.22 Å². The molecule has 0 saturated carbocycles. The molecule has 0 aliphatic rings. The zero-order chi connectivity index (χ0) is 40.2. The lowest BCUT2D eigenvalue weighted by atomic mass is 9.84. The van der Waals surface area contributed by atoms with Gasteiger partial charge in [0.15, 0.2) is 0 Å². The molecule has 0 N–H and O–H groups in total. The van der Waals surface area contributed by atoms with Gasteiger partial charge in [0.05, 0.1) is 16.4 Å². The number of furan rings is 1. The van der Waals surface area contributed by atoms with E-state index in [4.69, 9.17) is 12.6 Å². The van der Waals surface area contributed by atoms with Crippen molar-refractivity contribution in [3.05, 3.63) is 170 Å². The average molecular weight is 585 g/mol. The Kier molecular flexibility index (Phi) is 3.74. The number of hydrogen-bond acceptors (Lipinski definition) is 1. The van der Waals surface area contributed by atoms with Crippen LogP contribution in [0.4, 0.5) is 0 Å². The standard InChI is InChI=1S/C44H28O/c1-3-14-29(15-4-1)31-18-13-19-32(28-31)41-34-20-7-9-22-36(34)42(37-23-10-8-21-35(37)41)39-27-26-33(30-16-5-2-6-17-30)44-43(39)38-24-11-12-25-40(38)45-44/h1-28H/i7D,8D,9D,10D,13D,18D,19D,20D,21D,22D,23D,28D. The van der Waals surface area contributed by atoms with Crippen molar-refractivity contribution in [2.24, 2.45) is 0 Å². The van der Waals surface area contributed by atoms with Crippen molar-refractivity contribution >= 4 is 43.5 Å². The van der Waals surface area contributed by atoms with Gasteiger partial charge in [-0.25, -0.2) is 0 Å². The normalized spacial score (nSPS) is 15.3. The molecule has 1 nitrogen and oxygen atoms in total. The van der Waals surface area contributed by atoms with E-state index in [0.717, 1.165) is 11.1 Å². The molecule has 0 unspecified atom stereocenters. The summed E-state index contributed by atoms with van der Waals surface area (Å²) in [4.78, 5) is 0. The molecule has 0 radical (unpaired) electrons. The highest BCUT2D eigenvalue weighted by Crippen LogP contribution is 2.48. The Hall–Kier alpha value is -5.92. The van der Waals surface area contributed by atoms with Gasteiger partial charge in [-0.15, -0.1) is 0 Å². The summed E-state index contributed by atoms with van der Waals surface area (Å²) in [5.74, 6) is 0. The molecule has 9 rings (SSSR count). The Labute approximate surface area is 278 Å². The molecule has 210 valence electrons. The van der Waals surface area contributed by atoms with Gasteiger partial charge in [-0.05, 0) is 78.7 Å². The van der Waals surface area contributed by atoms with Gasteiger partial charge in [0.1, 0.15) is 11.2 Å². The van der Waals surface area contributed by atoms with Crippen molar-refractivity contribution < 1.29 is 20.9 Å². The first-order valence-electron chi connectivity index (χ1n) is 20.5. The molecule has 0 aliphatic carbocycles. The highest BCUT2D eigenvalue weighted by molar-refractivity contribution is 6.26. The van der Waals surface area contributed by atoms with Crippen LogP contribution in [0, 0.1) is 0 Å². The molecule has 9 aromatic rings. The van der Waals surface area contributed by atoms with E-state index in [-0.39, 0.29) is 43.8 Å². The summed E-state index contributed by atoms with van der Waals surface area (Å²) in [6.07, 6.45) is 0. The lowest BCUT2D eigenvalue weighted by Crippen LogP contribution is -1.92. The summed E-state index contributed by atoms with van der Waals surface area (Å²) < 4.78 is 116. The second kappa shape index (κ2) is 10.4. The molecule has 0 saturated heterocycles. The van der Waals surface area contributed by atoms with Crippen molar-refractivity contribution in [1.82, 2.24) is 0 Å². The maximum atomic E-state index is 9.57. The molecule has 0 spiro atoms. The maximum Gasteiger partial charge on any atom is 0.143 e. The summed E-state index contributed by atoms with van der Waals surface area (Å²) in [6.45, 7) is 0. The summed E-state index contributed by atoms with van der Waals surface area (Å²) in [5, 5.41) is 0.609. The fourth-order valence-corrected chi connectivity index (χ4v) is 6.24. The molecule has 0 fully saturated rings. The fourth-order valence-electron chi connectivity index (χ4n) is 6.24. The Morgan fingerprint density at radius 3 is 1.64 bits per heavy atom. The first-order chi connectivity index (χ1) is 27.3. The molecular weight excluding hydrogens is 544 g/mol. The zero-order valence-corrected chi connectivity index (χ0v) is 23.6. The van der Waals surface area contributed by atoms with Crippen LogP contribution in [0.25, 0.3) is 88.0 Å². The van der Waals surface area contributed by atoms with Gasteiger partial charge in [-0.2, -0.15) is 0 Å². The van der Waals surface area contributed by atoms with Crippen molar-refractivity contribution in [2.45, 2.75) is 0 Å². The predicted molar refractivity (Wildman–Crippen MR) is 190 cm³/mol. The zero-order valence-electron chi connectivity index (χ0n) is 35.6. The van der Waals surface area contributed by atoms with Gasteiger partial charge in [0.25, 0.3) is 0 Å². The summed E-state index contributed by atoms with van der Waals surface area (Å²) >= 11 is 0. The van der Waals surface area contributed by atoms with E-state index in [1.165, 1.54) is 0 Å². The lowest BCUT2D eigenvalue weighted by molar-refractivity contribution is 0.670. The highest BCUT2D eigenvalue weighted by Gasteiger charge is 2.22. The minimum atomic E-state index is -0.636. The average Bonchev–Trinajstić information content (AvgIpc) is 3.62. The van der Waals surface area contributed by atoms with Gasteiger partial charge in [0, 0.05) is 16.3 Å². The van der Waals surface area contributed by atoms with Gasteiger partial charge in [-0.1, -0.05) is 151 Å². The van der Waals surface area contributed by atoms with Crippen molar-refractivity contribution in [2.75, 3.05) is 0 Å². The first-order valence-corrected chi connectivity index (χ1v) is 14.5. The third kappa shape index (κ3) is 4.09. The number of rotatable bonds is 4. The largest absolute Gasteiger partial charge is 0.455 e.